The summed E-state index contributed by atoms with van der Waals surface area (Å²) < 4.78 is 38.3. The molecule has 0 saturated carbocycles. The largest absolute Gasteiger partial charge is 0.493 e. The summed E-state index contributed by atoms with van der Waals surface area (Å²) in [5, 5.41) is 11.3. The smallest absolute Gasteiger partial charge is 0.289 e. The average Bonchev–Trinajstić information content (AvgIpc) is 2.67. The van der Waals surface area contributed by atoms with E-state index in [1.165, 1.54) is 35.7 Å². The van der Waals surface area contributed by atoms with E-state index in [0.29, 0.717) is 17.9 Å². The third-order valence-electron chi connectivity index (χ3n) is 4.78. The molecule has 0 aromatic heterocycles. The molecule has 0 saturated heterocycles. The molecule has 2 aromatic rings. The van der Waals surface area contributed by atoms with Gasteiger partial charge in [-0.3, -0.25) is 10.1 Å². The van der Waals surface area contributed by atoms with E-state index in [-0.39, 0.29) is 11.4 Å². The Kier molecular flexibility index (Phi) is 5.07. The third kappa shape index (κ3) is 3.24. The highest BCUT2D eigenvalue weighted by atomic mass is 32.2. The summed E-state index contributed by atoms with van der Waals surface area (Å²) in [6, 6.07) is 8.51. The number of ether oxygens (including phenoxy) is 2. The van der Waals surface area contributed by atoms with E-state index in [4.69, 9.17) is 9.47 Å². The second kappa shape index (κ2) is 7.16. The van der Waals surface area contributed by atoms with Crippen molar-refractivity contribution in [3.05, 3.63) is 57.6 Å². The Labute approximate surface area is 157 Å². The molecule has 0 fully saturated rings. The summed E-state index contributed by atoms with van der Waals surface area (Å²) in [7, 11) is -0.988. The maximum absolute atomic E-state index is 13.2. The van der Waals surface area contributed by atoms with Crippen LogP contribution in [0.4, 0.5) is 5.69 Å². The molecule has 144 valence electrons. The molecular weight excluding hydrogens is 372 g/mol. The van der Waals surface area contributed by atoms with Gasteiger partial charge in [-0.1, -0.05) is 12.1 Å². The number of benzene rings is 2. The Hall–Kier alpha value is -2.65. The lowest BCUT2D eigenvalue weighted by Crippen LogP contribution is -2.39. The van der Waals surface area contributed by atoms with Gasteiger partial charge in [-0.05, 0) is 42.7 Å². The summed E-state index contributed by atoms with van der Waals surface area (Å²) >= 11 is 0. The van der Waals surface area contributed by atoms with E-state index in [1.807, 2.05) is 6.07 Å². The van der Waals surface area contributed by atoms with E-state index >= 15 is 0 Å². The van der Waals surface area contributed by atoms with E-state index < -0.39 is 26.7 Å². The van der Waals surface area contributed by atoms with Crippen molar-refractivity contribution >= 4 is 15.7 Å². The highest BCUT2D eigenvalue weighted by Crippen LogP contribution is 2.40. The van der Waals surface area contributed by atoms with Gasteiger partial charge in [0.1, 0.15) is 0 Å². The van der Waals surface area contributed by atoms with E-state index in [9.17, 15) is 18.5 Å². The molecular formula is C18H20N2O6S. The maximum atomic E-state index is 13.2. The Bertz CT molecular complexity index is 989. The number of hydrogen-bond acceptors (Lipinski definition) is 6. The molecule has 0 N–H and O–H groups in total. The SMILES string of the molecule is COc1cc2c(cc1OC)[C@H](C)N(S(=O)(=O)c1ccccc1[N+](=O)[O-])CC2. The quantitative estimate of drug-likeness (QED) is 0.573. The molecule has 0 amide bonds. The average molecular weight is 392 g/mol. The monoisotopic (exact) mass is 392 g/mol. The number of methoxy groups -OCH3 is 2. The van der Waals surface area contributed by atoms with Crippen molar-refractivity contribution in [3.63, 3.8) is 0 Å². The summed E-state index contributed by atoms with van der Waals surface area (Å²) in [6.45, 7) is 1.98. The van der Waals surface area contributed by atoms with Crippen LogP contribution in [0.25, 0.3) is 0 Å². The molecule has 3 rings (SSSR count). The predicted octanol–water partition coefficient (Wildman–Crippen LogP) is 2.92. The molecule has 0 bridgehead atoms. The van der Waals surface area contributed by atoms with Gasteiger partial charge in [0.15, 0.2) is 16.4 Å². The Morgan fingerprint density at radius 1 is 1.15 bits per heavy atom. The van der Waals surface area contributed by atoms with Crippen LogP contribution >= 0.6 is 0 Å². The van der Waals surface area contributed by atoms with Gasteiger partial charge in [-0.25, -0.2) is 8.42 Å². The zero-order valence-corrected chi connectivity index (χ0v) is 16.0. The van der Waals surface area contributed by atoms with Crippen molar-refractivity contribution < 1.29 is 22.8 Å². The number of rotatable bonds is 5. The number of nitro benzene ring substituents is 1. The van der Waals surface area contributed by atoms with Crippen molar-refractivity contribution in [1.82, 2.24) is 4.31 Å². The van der Waals surface area contributed by atoms with Crippen LogP contribution < -0.4 is 9.47 Å². The number of nitro groups is 1. The van der Waals surface area contributed by atoms with Crippen molar-refractivity contribution in [2.75, 3.05) is 20.8 Å². The molecule has 1 aliphatic heterocycles. The lowest BCUT2D eigenvalue weighted by Gasteiger charge is -2.34. The first-order chi connectivity index (χ1) is 12.8. The number of sulfonamides is 1. The fraction of sp³-hybridized carbons (Fsp3) is 0.333. The molecule has 0 spiro atoms. The van der Waals surface area contributed by atoms with E-state index in [0.717, 1.165) is 11.1 Å². The minimum atomic E-state index is -4.05. The van der Waals surface area contributed by atoms with E-state index in [2.05, 4.69) is 0 Å². The van der Waals surface area contributed by atoms with E-state index in [1.54, 1.807) is 20.1 Å². The van der Waals surface area contributed by atoms with Crippen LogP contribution in [0.3, 0.4) is 0 Å². The minimum Gasteiger partial charge on any atom is -0.493 e. The molecule has 8 nitrogen and oxygen atoms in total. The fourth-order valence-electron chi connectivity index (χ4n) is 3.40. The van der Waals surface area contributed by atoms with Crippen LogP contribution in [0.5, 0.6) is 11.5 Å². The second-order valence-corrected chi connectivity index (χ2v) is 8.03. The van der Waals surface area contributed by atoms with Gasteiger partial charge in [0.2, 0.25) is 10.0 Å². The number of fused-ring (bicyclic) bond motifs is 1. The zero-order valence-electron chi connectivity index (χ0n) is 15.2. The molecule has 1 heterocycles. The number of para-hydroxylation sites is 1. The van der Waals surface area contributed by atoms with Gasteiger partial charge in [-0.15, -0.1) is 0 Å². The molecule has 27 heavy (non-hydrogen) atoms. The molecule has 0 radical (unpaired) electrons. The molecule has 2 aromatic carbocycles. The summed E-state index contributed by atoms with van der Waals surface area (Å²) in [4.78, 5) is 10.3. The lowest BCUT2D eigenvalue weighted by atomic mass is 9.94. The minimum absolute atomic E-state index is 0.220. The molecule has 1 atom stereocenters. The Balaban J connectivity index is 2.07. The first-order valence-corrected chi connectivity index (χ1v) is 9.75. The topological polar surface area (TPSA) is 99.0 Å². The second-order valence-electron chi connectivity index (χ2n) is 6.17. The first-order valence-electron chi connectivity index (χ1n) is 8.31. The van der Waals surface area contributed by atoms with Crippen LogP contribution in [0.15, 0.2) is 41.3 Å². The van der Waals surface area contributed by atoms with Crippen LogP contribution in [0, 0.1) is 10.1 Å². The first kappa shape index (κ1) is 19.1. The van der Waals surface area contributed by atoms with Crippen LogP contribution in [-0.2, 0) is 16.4 Å². The number of hydrogen-bond donors (Lipinski definition) is 0. The van der Waals surface area contributed by atoms with Gasteiger partial charge >= 0.3 is 0 Å². The standard InChI is InChI=1S/C18H20N2O6S/c1-12-14-11-17(26-3)16(25-2)10-13(14)8-9-19(12)27(23,24)18-7-5-4-6-15(18)20(21)22/h4-7,10-12H,8-9H2,1-3H3/t12-/m0/s1. The van der Waals surface area contributed by atoms with Crippen molar-refractivity contribution in [3.8, 4) is 11.5 Å². The summed E-state index contributed by atoms with van der Waals surface area (Å²) in [6.07, 6.45) is 0.472. The molecule has 1 aliphatic rings. The number of nitrogens with zero attached hydrogens (tertiary/aromatic N) is 2. The lowest BCUT2D eigenvalue weighted by molar-refractivity contribution is -0.387. The van der Waals surface area contributed by atoms with Crippen LogP contribution in [0.2, 0.25) is 0 Å². The van der Waals surface area contributed by atoms with Crippen LogP contribution in [-0.4, -0.2) is 38.4 Å². The molecule has 0 aliphatic carbocycles. The fourth-order valence-corrected chi connectivity index (χ4v) is 5.17. The highest BCUT2D eigenvalue weighted by molar-refractivity contribution is 7.89. The van der Waals surface area contributed by atoms with Gasteiger partial charge < -0.3 is 9.47 Å². The maximum Gasteiger partial charge on any atom is 0.289 e. The van der Waals surface area contributed by atoms with Gasteiger partial charge in [-0.2, -0.15) is 4.31 Å². The zero-order chi connectivity index (χ0) is 19.8. The molecule has 9 heteroatoms. The normalized spacial score (nSPS) is 17.2. The molecule has 0 unspecified atom stereocenters. The Morgan fingerprint density at radius 3 is 2.41 bits per heavy atom. The third-order valence-corrected chi connectivity index (χ3v) is 6.79. The van der Waals surface area contributed by atoms with Crippen molar-refractivity contribution in [2.24, 2.45) is 0 Å². The van der Waals surface area contributed by atoms with Gasteiger partial charge in [0, 0.05) is 18.7 Å². The van der Waals surface area contributed by atoms with Gasteiger partial charge in [0.05, 0.1) is 19.1 Å². The van der Waals surface area contributed by atoms with Gasteiger partial charge in [0.25, 0.3) is 5.69 Å². The van der Waals surface area contributed by atoms with Crippen molar-refractivity contribution in [2.45, 2.75) is 24.3 Å². The summed E-state index contributed by atoms with van der Waals surface area (Å²) in [5.74, 6) is 1.09. The predicted molar refractivity (Wildman–Crippen MR) is 98.7 cm³/mol. The summed E-state index contributed by atoms with van der Waals surface area (Å²) in [5.41, 5.74) is 1.33. The van der Waals surface area contributed by atoms with Crippen molar-refractivity contribution in [1.29, 1.82) is 0 Å². The Morgan fingerprint density at radius 2 is 1.78 bits per heavy atom. The highest BCUT2D eigenvalue weighted by Gasteiger charge is 2.38. The van der Waals surface area contributed by atoms with Crippen LogP contribution in [0.1, 0.15) is 24.1 Å².